The molecule has 0 fully saturated rings. The molecule has 2 heterocycles. The lowest BCUT2D eigenvalue weighted by molar-refractivity contribution is -0.130. The van der Waals surface area contributed by atoms with Crippen LogP contribution < -0.4 is 4.90 Å². The number of amides is 1. The summed E-state index contributed by atoms with van der Waals surface area (Å²) >= 11 is 1.66. The maximum Gasteiger partial charge on any atom is 0.240 e. The summed E-state index contributed by atoms with van der Waals surface area (Å²) in [7, 11) is 4.04. The Labute approximate surface area is 134 Å². The Morgan fingerprint density at radius 1 is 1.27 bits per heavy atom. The van der Waals surface area contributed by atoms with E-state index in [2.05, 4.69) is 40.3 Å². The fraction of sp³-hybridized carbons (Fsp3) is 0.294. The molecule has 1 aromatic heterocycles. The minimum absolute atomic E-state index is 0.00851. The molecule has 1 aliphatic heterocycles. The van der Waals surface area contributed by atoms with Crippen molar-refractivity contribution in [3.63, 3.8) is 0 Å². The summed E-state index contributed by atoms with van der Waals surface area (Å²) < 4.78 is 0. The van der Waals surface area contributed by atoms with Crippen LogP contribution in [0.3, 0.4) is 0 Å². The van der Waals surface area contributed by atoms with Gasteiger partial charge in [-0.2, -0.15) is 5.10 Å². The molecule has 1 aliphatic rings. The second-order valence-electron chi connectivity index (χ2n) is 5.59. The van der Waals surface area contributed by atoms with Crippen LogP contribution in [0.2, 0.25) is 0 Å². The lowest BCUT2D eigenvalue weighted by atomic mass is 10.0. The van der Waals surface area contributed by atoms with Crippen LogP contribution in [-0.2, 0) is 4.79 Å². The molecule has 0 saturated carbocycles. The van der Waals surface area contributed by atoms with Crippen molar-refractivity contribution in [1.29, 1.82) is 0 Å². The molecule has 1 aromatic carbocycles. The molecule has 0 N–H and O–H groups in total. The first kappa shape index (κ1) is 14.8. The van der Waals surface area contributed by atoms with Gasteiger partial charge in [0.05, 0.1) is 16.6 Å². The summed E-state index contributed by atoms with van der Waals surface area (Å²) in [5.74, 6) is -0.0201. The molecule has 22 heavy (non-hydrogen) atoms. The Hall–Kier alpha value is -2.14. The summed E-state index contributed by atoms with van der Waals surface area (Å²) in [4.78, 5) is 15.1. The van der Waals surface area contributed by atoms with E-state index in [0.29, 0.717) is 0 Å². The van der Waals surface area contributed by atoms with E-state index in [4.69, 9.17) is 0 Å². The van der Waals surface area contributed by atoms with Gasteiger partial charge in [-0.05, 0) is 29.1 Å². The summed E-state index contributed by atoms with van der Waals surface area (Å²) in [5.41, 5.74) is 3.26. The molecule has 1 atom stereocenters. The van der Waals surface area contributed by atoms with Gasteiger partial charge in [0.2, 0.25) is 5.91 Å². The number of rotatable bonds is 3. The number of hydrogen-bond donors (Lipinski definition) is 0. The normalized spacial score (nSPS) is 17.5. The molecule has 0 saturated heterocycles. The zero-order valence-corrected chi connectivity index (χ0v) is 13.8. The van der Waals surface area contributed by atoms with E-state index in [1.807, 2.05) is 25.5 Å². The first-order valence-corrected chi connectivity index (χ1v) is 8.12. The van der Waals surface area contributed by atoms with Crippen LogP contribution in [0.1, 0.15) is 29.8 Å². The highest BCUT2D eigenvalue weighted by atomic mass is 32.1. The average Bonchev–Trinajstić information content (AvgIpc) is 3.16. The van der Waals surface area contributed by atoms with Crippen molar-refractivity contribution in [2.24, 2.45) is 5.10 Å². The van der Waals surface area contributed by atoms with Gasteiger partial charge in [-0.25, -0.2) is 5.01 Å². The zero-order valence-electron chi connectivity index (χ0n) is 13.0. The zero-order chi connectivity index (χ0) is 15.7. The van der Waals surface area contributed by atoms with E-state index in [9.17, 15) is 4.79 Å². The number of anilines is 1. The van der Waals surface area contributed by atoms with Crippen molar-refractivity contribution in [1.82, 2.24) is 5.01 Å². The molecule has 0 unspecified atom stereocenters. The van der Waals surface area contributed by atoms with Crippen molar-refractivity contribution in [3.8, 4) is 0 Å². The Balaban J connectivity index is 1.88. The minimum atomic E-state index is -0.0201. The van der Waals surface area contributed by atoms with E-state index in [0.717, 1.165) is 28.3 Å². The lowest BCUT2D eigenvalue weighted by Gasteiger charge is -2.21. The monoisotopic (exact) mass is 313 g/mol. The van der Waals surface area contributed by atoms with Gasteiger partial charge in [-0.1, -0.05) is 18.2 Å². The van der Waals surface area contributed by atoms with Gasteiger partial charge in [0.1, 0.15) is 0 Å². The highest BCUT2D eigenvalue weighted by Gasteiger charge is 2.31. The predicted molar refractivity (Wildman–Crippen MR) is 91.5 cm³/mol. The van der Waals surface area contributed by atoms with Crippen LogP contribution in [0.5, 0.6) is 0 Å². The molecular weight excluding hydrogens is 294 g/mol. The number of carbonyl (C=O) groups is 1. The van der Waals surface area contributed by atoms with Gasteiger partial charge in [-0.15, -0.1) is 11.3 Å². The maximum absolute atomic E-state index is 11.9. The largest absolute Gasteiger partial charge is 0.378 e. The number of nitrogens with zero attached hydrogens (tertiary/aromatic N) is 3. The SMILES string of the molecule is CC(=O)N1N=C(c2cccs2)C[C@@H]1c1ccc(N(C)C)cc1. The van der Waals surface area contributed by atoms with Gasteiger partial charge < -0.3 is 4.90 Å². The fourth-order valence-corrected chi connectivity index (χ4v) is 3.37. The average molecular weight is 313 g/mol. The maximum atomic E-state index is 11.9. The molecule has 0 radical (unpaired) electrons. The van der Waals surface area contributed by atoms with Crippen LogP contribution in [0.4, 0.5) is 5.69 Å². The summed E-state index contributed by atoms with van der Waals surface area (Å²) in [6, 6.07) is 12.4. The third-order valence-corrected chi connectivity index (χ3v) is 4.75. The third kappa shape index (κ3) is 2.76. The highest BCUT2D eigenvalue weighted by molar-refractivity contribution is 7.12. The summed E-state index contributed by atoms with van der Waals surface area (Å²) in [6.07, 6.45) is 0.765. The van der Waals surface area contributed by atoms with Crippen molar-refractivity contribution >= 4 is 28.6 Å². The summed E-state index contributed by atoms with van der Waals surface area (Å²) in [6.45, 7) is 1.57. The molecule has 5 heteroatoms. The smallest absolute Gasteiger partial charge is 0.240 e. The minimum Gasteiger partial charge on any atom is -0.378 e. The summed E-state index contributed by atoms with van der Waals surface area (Å²) in [5, 5.41) is 8.19. The van der Waals surface area contributed by atoms with E-state index >= 15 is 0 Å². The third-order valence-electron chi connectivity index (χ3n) is 3.83. The quantitative estimate of drug-likeness (QED) is 0.869. The van der Waals surface area contributed by atoms with E-state index in [1.165, 1.54) is 0 Å². The molecule has 0 aliphatic carbocycles. The first-order valence-electron chi connectivity index (χ1n) is 7.24. The number of carbonyl (C=O) groups excluding carboxylic acids is 1. The highest BCUT2D eigenvalue weighted by Crippen LogP contribution is 2.34. The van der Waals surface area contributed by atoms with Gasteiger partial charge in [0, 0.05) is 33.1 Å². The van der Waals surface area contributed by atoms with Gasteiger partial charge in [0.15, 0.2) is 0 Å². The van der Waals surface area contributed by atoms with Gasteiger partial charge >= 0.3 is 0 Å². The Kier molecular flexibility index (Phi) is 3.98. The molecule has 4 nitrogen and oxygen atoms in total. The van der Waals surface area contributed by atoms with Crippen molar-refractivity contribution in [3.05, 3.63) is 52.2 Å². The molecule has 0 bridgehead atoms. The second-order valence-corrected chi connectivity index (χ2v) is 6.54. The number of hydrogen-bond acceptors (Lipinski definition) is 4. The first-order chi connectivity index (χ1) is 10.6. The second kappa shape index (κ2) is 5.93. The molecule has 1 amide bonds. The van der Waals surface area contributed by atoms with E-state index in [1.54, 1.807) is 23.3 Å². The van der Waals surface area contributed by atoms with Crippen LogP contribution in [0.25, 0.3) is 0 Å². The predicted octanol–water partition coefficient (Wildman–Crippen LogP) is 3.51. The topological polar surface area (TPSA) is 35.9 Å². The van der Waals surface area contributed by atoms with Crippen LogP contribution in [-0.4, -0.2) is 30.7 Å². The van der Waals surface area contributed by atoms with Crippen LogP contribution >= 0.6 is 11.3 Å². The van der Waals surface area contributed by atoms with Crippen LogP contribution in [0, 0.1) is 0 Å². The van der Waals surface area contributed by atoms with Crippen molar-refractivity contribution in [2.45, 2.75) is 19.4 Å². The van der Waals surface area contributed by atoms with Crippen molar-refractivity contribution in [2.75, 3.05) is 19.0 Å². The Bertz CT molecular complexity index is 689. The van der Waals surface area contributed by atoms with Crippen LogP contribution in [0.15, 0.2) is 46.9 Å². The molecule has 2 aromatic rings. The Morgan fingerprint density at radius 3 is 2.55 bits per heavy atom. The van der Waals surface area contributed by atoms with Gasteiger partial charge in [-0.3, -0.25) is 4.79 Å². The molecule has 0 spiro atoms. The number of benzene rings is 1. The molecular formula is C17H19N3OS. The lowest BCUT2D eigenvalue weighted by Crippen LogP contribution is -2.24. The van der Waals surface area contributed by atoms with E-state index in [-0.39, 0.29) is 11.9 Å². The van der Waals surface area contributed by atoms with Crippen molar-refractivity contribution < 1.29 is 4.79 Å². The fourth-order valence-electron chi connectivity index (χ4n) is 2.65. The Morgan fingerprint density at radius 2 is 2.00 bits per heavy atom. The molecule has 3 rings (SSSR count). The molecule has 114 valence electrons. The number of thiophene rings is 1. The number of hydrazone groups is 1. The standard InChI is InChI=1S/C17H19N3OS/c1-12(21)20-16(11-15(18-20)17-5-4-10-22-17)13-6-8-14(9-7-13)19(2)3/h4-10,16H,11H2,1-3H3/t16-/m1/s1. The van der Waals surface area contributed by atoms with Gasteiger partial charge in [0.25, 0.3) is 0 Å². The van der Waals surface area contributed by atoms with E-state index < -0.39 is 0 Å².